The van der Waals surface area contributed by atoms with Crippen molar-refractivity contribution in [1.82, 2.24) is 4.57 Å². The Balaban J connectivity index is 2.15. The van der Waals surface area contributed by atoms with Gasteiger partial charge < -0.3 is 14.9 Å². The molecule has 1 heterocycles. The Morgan fingerprint density at radius 2 is 1.79 bits per heavy atom. The molecule has 0 aliphatic carbocycles. The van der Waals surface area contributed by atoms with E-state index in [2.05, 4.69) is 4.74 Å². The number of hydrogen-bond donors (Lipinski definition) is 2. The molecule has 1 atom stereocenters. The molecular weight excluding hydrogens is 384 g/mol. The van der Waals surface area contributed by atoms with Gasteiger partial charge in [-0.05, 0) is 61.4 Å². The maximum Gasteiger partial charge on any atom is 0.387 e. The van der Waals surface area contributed by atoms with E-state index in [-0.39, 0.29) is 17.1 Å². The van der Waals surface area contributed by atoms with E-state index in [1.54, 1.807) is 19.9 Å². The number of benzene rings is 2. The van der Waals surface area contributed by atoms with Crippen molar-refractivity contribution in [2.45, 2.75) is 32.8 Å². The predicted octanol–water partition coefficient (Wildman–Crippen LogP) is 4.52. The van der Waals surface area contributed by atoms with Crippen LogP contribution >= 0.6 is 0 Å². The summed E-state index contributed by atoms with van der Waals surface area (Å²) in [5.41, 5.74) is 1.57. The minimum atomic E-state index is -2.97. The molecule has 29 heavy (non-hydrogen) atoms. The first kappa shape index (κ1) is 20.3. The highest BCUT2D eigenvalue weighted by Crippen LogP contribution is 2.36. The number of ether oxygens (including phenoxy) is 1. The van der Waals surface area contributed by atoms with Crippen LogP contribution in [0.15, 0.2) is 42.5 Å². The van der Waals surface area contributed by atoms with Crippen molar-refractivity contribution in [3.8, 4) is 11.5 Å². The summed E-state index contributed by atoms with van der Waals surface area (Å²) in [6.45, 7) is 0.405. The molecule has 2 aromatic carbocycles. The van der Waals surface area contributed by atoms with Crippen LogP contribution in [0.5, 0.6) is 11.5 Å². The number of carbonyl (C=O) groups is 2. The Morgan fingerprint density at radius 1 is 1.14 bits per heavy atom. The maximum atomic E-state index is 13.2. The normalized spacial score (nSPS) is 12.3. The zero-order valence-corrected chi connectivity index (χ0v) is 15.7. The van der Waals surface area contributed by atoms with Crippen LogP contribution in [0.1, 0.15) is 40.9 Å². The van der Waals surface area contributed by atoms with E-state index in [1.165, 1.54) is 41.0 Å². The maximum absolute atomic E-state index is 13.2. The molecule has 0 radical (unpaired) electrons. The summed E-state index contributed by atoms with van der Waals surface area (Å²) in [6.07, 6.45) is 0.304. The molecule has 0 amide bonds. The summed E-state index contributed by atoms with van der Waals surface area (Å²) in [4.78, 5) is 24.9. The van der Waals surface area contributed by atoms with Gasteiger partial charge in [0.2, 0.25) is 0 Å². The smallest absolute Gasteiger partial charge is 0.387 e. The van der Waals surface area contributed by atoms with Crippen molar-refractivity contribution in [1.29, 1.82) is 0 Å². The van der Waals surface area contributed by atoms with Crippen LogP contribution in [-0.2, 0) is 4.79 Å². The third-order valence-electron chi connectivity index (χ3n) is 4.82. The molecular formula is C21H19F2NO5. The van der Waals surface area contributed by atoms with Crippen LogP contribution in [0.4, 0.5) is 8.78 Å². The molecule has 0 aliphatic rings. The molecule has 0 aliphatic heterocycles. The van der Waals surface area contributed by atoms with Gasteiger partial charge in [0, 0.05) is 16.6 Å². The molecule has 2 N–H and O–H groups in total. The lowest BCUT2D eigenvalue weighted by molar-refractivity contribution is -0.138. The summed E-state index contributed by atoms with van der Waals surface area (Å²) in [5, 5.41) is 20.0. The molecule has 0 bridgehead atoms. The van der Waals surface area contributed by atoms with Gasteiger partial charge in [0.25, 0.3) is 5.91 Å². The highest BCUT2D eigenvalue weighted by atomic mass is 19.3. The minimum Gasteiger partial charge on any atom is -0.508 e. The molecule has 0 saturated carbocycles. The third kappa shape index (κ3) is 3.78. The molecule has 3 aromatic rings. The van der Waals surface area contributed by atoms with E-state index < -0.39 is 24.4 Å². The monoisotopic (exact) mass is 403 g/mol. The van der Waals surface area contributed by atoms with Crippen molar-refractivity contribution < 1.29 is 33.3 Å². The highest BCUT2D eigenvalue weighted by molar-refractivity contribution is 6.05. The van der Waals surface area contributed by atoms with E-state index in [4.69, 9.17) is 0 Å². The van der Waals surface area contributed by atoms with Crippen LogP contribution in [0.2, 0.25) is 0 Å². The van der Waals surface area contributed by atoms with Gasteiger partial charge in [-0.3, -0.25) is 14.2 Å². The number of halogens is 2. The second-order valence-electron chi connectivity index (χ2n) is 6.54. The van der Waals surface area contributed by atoms with Crippen molar-refractivity contribution in [3.63, 3.8) is 0 Å². The number of fused-ring (bicyclic) bond motifs is 1. The van der Waals surface area contributed by atoms with E-state index >= 15 is 0 Å². The van der Waals surface area contributed by atoms with Crippen molar-refractivity contribution in [2.75, 3.05) is 0 Å². The lowest BCUT2D eigenvalue weighted by Gasteiger charge is -2.12. The summed E-state index contributed by atoms with van der Waals surface area (Å²) in [6, 6.07) is 9.64. The molecule has 1 aromatic heterocycles. The molecule has 0 fully saturated rings. The van der Waals surface area contributed by atoms with Crippen LogP contribution in [0.25, 0.3) is 10.9 Å². The summed E-state index contributed by atoms with van der Waals surface area (Å²) in [7, 11) is 0. The summed E-state index contributed by atoms with van der Waals surface area (Å²) in [5.74, 6) is -2.45. The van der Waals surface area contributed by atoms with Gasteiger partial charge in [0.05, 0.1) is 11.4 Å². The molecule has 3 rings (SSSR count). The third-order valence-corrected chi connectivity index (χ3v) is 4.82. The average molecular weight is 403 g/mol. The zero-order chi connectivity index (χ0) is 21.3. The second kappa shape index (κ2) is 7.90. The van der Waals surface area contributed by atoms with Gasteiger partial charge in [-0.1, -0.05) is 6.92 Å². The molecule has 0 spiro atoms. The molecule has 1 unspecified atom stereocenters. The zero-order valence-electron chi connectivity index (χ0n) is 15.7. The number of carboxylic acids is 1. The summed E-state index contributed by atoms with van der Waals surface area (Å²) >= 11 is 0. The minimum absolute atomic E-state index is 0.0444. The van der Waals surface area contributed by atoms with Crippen molar-refractivity contribution >= 4 is 22.8 Å². The van der Waals surface area contributed by atoms with Crippen molar-refractivity contribution in [2.24, 2.45) is 0 Å². The molecule has 152 valence electrons. The number of aromatic hydroxyl groups is 1. The number of nitrogens with zero attached hydrogens (tertiary/aromatic N) is 1. The van der Waals surface area contributed by atoms with Crippen LogP contribution in [0.3, 0.4) is 0 Å². The fourth-order valence-electron chi connectivity index (χ4n) is 3.54. The van der Waals surface area contributed by atoms with E-state index in [0.717, 1.165) is 0 Å². The second-order valence-corrected chi connectivity index (χ2v) is 6.54. The standard InChI is InChI=1S/C21H19F2NO5/c1-3-15(20(27)28)18-11(2)24(17-9-6-13(25)10-16(17)18)19(26)12-4-7-14(8-5-12)29-21(22)23/h4-10,15,21,25H,3H2,1-2H3,(H,27,28). The molecule has 8 heteroatoms. The van der Waals surface area contributed by atoms with Gasteiger partial charge in [-0.25, -0.2) is 0 Å². The number of aromatic nitrogens is 1. The Kier molecular flexibility index (Phi) is 5.54. The van der Waals surface area contributed by atoms with E-state index in [9.17, 15) is 28.6 Å². The van der Waals surface area contributed by atoms with Gasteiger partial charge in [-0.15, -0.1) is 0 Å². The van der Waals surface area contributed by atoms with E-state index in [0.29, 0.717) is 28.6 Å². The number of aliphatic carboxylic acids is 1. The van der Waals surface area contributed by atoms with E-state index in [1.807, 2.05) is 0 Å². The Labute approximate surface area is 165 Å². The van der Waals surface area contributed by atoms with Crippen LogP contribution in [-0.4, -0.2) is 33.3 Å². The number of carboxylic acid groups (broad SMARTS) is 1. The van der Waals surface area contributed by atoms with Crippen molar-refractivity contribution in [3.05, 3.63) is 59.3 Å². The number of carbonyl (C=O) groups excluding carboxylic acids is 1. The summed E-state index contributed by atoms with van der Waals surface area (Å²) < 4.78 is 30.3. The Hall–Kier alpha value is -3.42. The first-order chi connectivity index (χ1) is 13.7. The number of rotatable bonds is 6. The number of alkyl halides is 2. The van der Waals surface area contributed by atoms with Gasteiger partial charge in [0.15, 0.2) is 0 Å². The lowest BCUT2D eigenvalue weighted by Crippen LogP contribution is -2.16. The number of phenols is 1. The molecule has 0 saturated heterocycles. The fourth-order valence-corrected chi connectivity index (χ4v) is 3.54. The first-order valence-corrected chi connectivity index (χ1v) is 8.90. The van der Waals surface area contributed by atoms with Crippen LogP contribution < -0.4 is 4.74 Å². The topological polar surface area (TPSA) is 88.8 Å². The molecule has 6 nitrogen and oxygen atoms in total. The van der Waals surface area contributed by atoms with Crippen LogP contribution in [0, 0.1) is 6.92 Å². The van der Waals surface area contributed by atoms with Gasteiger partial charge in [-0.2, -0.15) is 8.78 Å². The fraction of sp³-hybridized carbons (Fsp3) is 0.238. The van der Waals surface area contributed by atoms with Gasteiger partial charge in [0.1, 0.15) is 11.5 Å². The average Bonchev–Trinajstić information content (AvgIpc) is 2.93. The Bertz CT molecular complexity index is 1070. The van der Waals surface area contributed by atoms with Gasteiger partial charge >= 0.3 is 12.6 Å². The number of phenolic OH excluding ortho intramolecular Hbond substituents is 1. The largest absolute Gasteiger partial charge is 0.508 e. The highest BCUT2D eigenvalue weighted by Gasteiger charge is 2.28. The quantitative estimate of drug-likeness (QED) is 0.632. The predicted molar refractivity (Wildman–Crippen MR) is 102 cm³/mol. The number of hydrogen-bond acceptors (Lipinski definition) is 4. The first-order valence-electron chi connectivity index (χ1n) is 8.90. The Morgan fingerprint density at radius 3 is 2.34 bits per heavy atom. The lowest BCUT2D eigenvalue weighted by atomic mass is 9.94. The SMILES string of the molecule is CCC(C(=O)O)c1c(C)n(C(=O)c2ccc(OC(F)F)cc2)c2ccc(O)cc12.